The Kier molecular flexibility index (Phi) is 0.746. The van der Waals surface area contributed by atoms with Crippen molar-refractivity contribution in [2.45, 2.75) is 31.0 Å². The summed E-state index contributed by atoms with van der Waals surface area (Å²) in [6.45, 7) is 0.765. The summed E-state index contributed by atoms with van der Waals surface area (Å²) in [5, 5.41) is 9.36. The van der Waals surface area contributed by atoms with Crippen molar-refractivity contribution < 1.29 is 9.84 Å². The van der Waals surface area contributed by atoms with E-state index in [0.29, 0.717) is 6.10 Å². The largest absolute Gasteiger partial charge is 0.390 e. The Labute approximate surface area is 48.5 Å². The van der Waals surface area contributed by atoms with Gasteiger partial charge in [0, 0.05) is 19.4 Å². The van der Waals surface area contributed by atoms with Crippen LogP contribution in [0.4, 0.5) is 0 Å². The quantitative estimate of drug-likeness (QED) is 0.490. The number of hydrogen-bond donors (Lipinski definition) is 1. The lowest BCUT2D eigenvalue weighted by atomic mass is 9.73. The number of hydrogen-bond acceptors (Lipinski definition) is 2. The standard InChI is InChI=1S/C6H10O2/c7-6-1-2-8-5(3-6)4-6/h5,7H,1-4H2. The van der Waals surface area contributed by atoms with Crippen molar-refractivity contribution in [1.82, 2.24) is 0 Å². The van der Waals surface area contributed by atoms with E-state index in [1.165, 1.54) is 0 Å². The summed E-state index contributed by atoms with van der Waals surface area (Å²) in [7, 11) is 0. The van der Waals surface area contributed by atoms with Crippen LogP contribution in [-0.2, 0) is 4.74 Å². The molecule has 0 aromatic carbocycles. The molecule has 0 spiro atoms. The van der Waals surface area contributed by atoms with Crippen LogP contribution < -0.4 is 0 Å². The van der Waals surface area contributed by atoms with Crippen molar-refractivity contribution in [3.8, 4) is 0 Å². The van der Waals surface area contributed by atoms with Crippen LogP contribution in [0.2, 0.25) is 0 Å². The van der Waals surface area contributed by atoms with Crippen molar-refractivity contribution in [2.24, 2.45) is 0 Å². The SMILES string of the molecule is OC12CCOC(C1)C2. The molecule has 1 saturated carbocycles. The van der Waals surface area contributed by atoms with E-state index in [0.717, 1.165) is 25.9 Å². The van der Waals surface area contributed by atoms with Gasteiger partial charge in [0.05, 0.1) is 11.7 Å². The van der Waals surface area contributed by atoms with Crippen LogP contribution in [0.5, 0.6) is 0 Å². The van der Waals surface area contributed by atoms with Crippen LogP contribution in [0.15, 0.2) is 0 Å². The van der Waals surface area contributed by atoms with E-state index < -0.39 is 0 Å². The van der Waals surface area contributed by atoms with E-state index in [-0.39, 0.29) is 5.60 Å². The van der Waals surface area contributed by atoms with Crippen LogP contribution in [-0.4, -0.2) is 23.4 Å². The zero-order valence-electron chi connectivity index (χ0n) is 4.76. The molecule has 0 amide bonds. The Morgan fingerprint density at radius 1 is 1.50 bits per heavy atom. The average Bonchev–Trinajstić information content (AvgIpc) is 1.63. The second-order valence-corrected chi connectivity index (χ2v) is 2.88. The summed E-state index contributed by atoms with van der Waals surface area (Å²) in [6, 6.07) is 0. The smallest absolute Gasteiger partial charge is 0.0719 e. The highest BCUT2D eigenvalue weighted by atomic mass is 16.5. The first-order chi connectivity index (χ1) is 3.79. The Hall–Kier alpha value is -0.0800. The lowest BCUT2D eigenvalue weighted by Gasteiger charge is -2.48. The summed E-state index contributed by atoms with van der Waals surface area (Å²) in [5.74, 6) is 0. The normalized spacial score (nSPS) is 52.9. The summed E-state index contributed by atoms with van der Waals surface area (Å²) >= 11 is 0. The minimum atomic E-state index is -0.303. The Balaban J connectivity index is 2.06. The van der Waals surface area contributed by atoms with E-state index in [9.17, 15) is 5.11 Å². The average molecular weight is 114 g/mol. The molecule has 46 valence electrons. The molecule has 2 heterocycles. The van der Waals surface area contributed by atoms with Crippen molar-refractivity contribution >= 4 is 0 Å². The van der Waals surface area contributed by atoms with Crippen LogP contribution in [0.25, 0.3) is 0 Å². The highest BCUT2D eigenvalue weighted by Crippen LogP contribution is 2.41. The Morgan fingerprint density at radius 2 is 2.25 bits per heavy atom. The first-order valence-electron chi connectivity index (χ1n) is 3.13. The topological polar surface area (TPSA) is 29.5 Å². The lowest BCUT2D eigenvalue weighted by molar-refractivity contribution is -0.195. The molecule has 0 unspecified atom stereocenters. The summed E-state index contributed by atoms with van der Waals surface area (Å²) < 4.78 is 5.25. The number of aliphatic hydroxyl groups is 1. The van der Waals surface area contributed by atoms with E-state index in [4.69, 9.17) is 4.74 Å². The molecule has 8 heavy (non-hydrogen) atoms. The maximum absolute atomic E-state index is 9.36. The van der Waals surface area contributed by atoms with Gasteiger partial charge in [-0.2, -0.15) is 0 Å². The molecule has 0 aromatic rings. The van der Waals surface area contributed by atoms with Crippen molar-refractivity contribution in [3.05, 3.63) is 0 Å². The van der Waals surface area contributed by atoms with Gasteiger partial charge in [-0.25, -0.2) is 0 Å². The van der Waals surface area contributed by atoms with Gasteiger partial charge in [-0.1, -0.05) is 0 Å². The highest BCUT2D eigenvalue weighted by Gasteiger charge is 2.46. The molecule has 3 aliphatic rings. The minimum absolute atomic E-state index is 0.303. The highest BCUT2D eigenvalue weighted by molar-refractivity contribution is 4.98. The van der Waals surface area contributed by atoms with Gasteiger partial charge in [0.2, 0.25) is 0 Å². The minimum Gasteiger partial charge on any atom is -0.390 e. The van der Waals surface area contributed by atoms with Crippen molar-refractivity contribution in [1.29, 1.82) is 0 Å². The van der Waals surface area contributed by atoms with Crippen LogP contribution in [0.1, 0.15) is 19.3 Å². The molecule has 1 N–H and O–H groups in total. The lowest BCUT2D eigenvalue weighted by Crippen LogP contribution is -2.53. The Morgan fingerprint density at radius 3 is 2.50 bits per heavy atom. The van der Waals surface area contributed by atoms with Gasteiger partial charge in [0.1, 0.15) is 0 Å². The molecule has 0 aromatic heterocycles. The number of ether oxygens (including phenoxy) is 1. The summed E-state index contributed by atoms with van der Waals surface area (Å²) in [6.07, 6.45) is 3.01. The zero-order valence-corrected chi connectivity index (χ0v) is 4.76. The van der Waals surface area contributed by atoms with Crippen LogP contribution >= 0.6 is 0 Å². The second kappa shape index (κ2) is 1.25. The monoisotopic (exact) mass is 114 g/mol. The molecule has 2 saturated heterocycles. The zero-order chi connectivity index (χ0) is 5.61. The fraction of sp³-hybridized carbons (Fsp3) is 1.00. The predicted octanol–water partition coefficient (Wildman–Crippen LogP) is 0.300. The maximum atomic E-state index is 9.36. The fourth-order valence-corrected chi connectivity index (χ4v) is 1.53. The van der Waals surface area contributed by atoms with Gasteiger partial charge in [0.15, 0.2) is 0 Å². The van der Waals surface area contributed by atoms with Gasteiger partial charge in [-0.15, -0.1) is 0 Å². The third-order valence-electron chi connectivity index (χ3n) is 2.14. The first-order valence-corrected chi connectivity index (χ1v) is 3.13. The molecular weight excluding hydrogens is 104 g/mol. The second-order valence-electron chi connectivity index (χ2n) is 2.88. The summed E-state index contributed by atoms with van der Waals surface area (Å²) in [5.41, 5.74) is -0.303. The molecule has 0 atom stereocenters. The van der Waals surface area contributed by atoms with Gasteiger partial charge in [-0.05, 0) is 6.42 Å². The summed E-state index contributed by atoms with van der Waals surface area (Å²) in [4.78, 5) is 0. The molecule has 1 aliphatic carbocycles. The molecule has 3 fully saturated rings. The first kappa shape index (κ1) is 4.77. The molecule has 2 bridgehead atoms. The Bertz CT molecular complexity index is 99.6. The molecular formula is C6H10O2. The van der Waals surface area contributed by atoms with Crippen LogP contribution in [0, 0.1) is 0 Å². The van der Waals surface area contributed by atoms with Gasteiger partial charge in [0.25, 0.3) is 0 Å². The van der Waals surface area contributed by atoms with E-state index in [1.807, 2.05) is 0 Å². The van der Waals surface area contributed by atoms with E-state index in [2.05, 4.69) is 0 Å². The third kappa shape index (κ3) is 0.501. The molecule has 2 aliphatic heterocycles. The number of rotatable bonds is 0. The predicted molar refractivity (Wildman–Crippen MR) is 28.5 cm³/mol. The molecule has 2 nitrogen and oxygen atoms in total. The van der Waals surface area contributed by atoms with Crippen LogP contribution in [0.3, 0.4) is 0 Å². The van der Waals surface area contributed by atoms with Gasteiger partial charge < -0.3 is 9.84 Å². The van der Waals surface area contributed by atoms with E-state index >= 15 is 0 Å². The number of fused-ring (bicyclic) bond motifs is 2. The third-order valence-corrected chi connectivity index (χ3v) is 2.14. The van der Waals surface area contributed by atoms with Crippen molar-refractivity contribution in [2.75, 3.05) is 6.61 Å². The molecule has 0 radical (unpaired) electrons. The molecule has 2 heteroatoms. The van der Waals surface area contributed by atoms with E-state index in [1.54, 1.807) is 0 Å². The van der Waals surface area contributed by atoms with Crippen molar-refractivity contribution in [3.63, 3.8) is 0 Å². The van der Waals surface area contributed by atoms with Gasteiger partial charge in [-0.3, -0.25) is 0 Å². The molecule has 3 rings (SSSR count). The van der Waals surface area contributed by atoms with Gasteiger partial charge >= 0.3 is 0 Å². The maximum Gasteiger partial charge on any atom is 0.0719 e. The fourth-order valence-electron chi connectivity index (χ4n) is 1.53.